The molecule has 0 spiro atoms. The minimum absolute atomic E-state index is 0.0605. The summed E-state index contributed by atoms with van der Waals surface area (Å²) in [5.74, 6) is 0.329. The maximum atomic E-state index is 13.7. The first-order valence-corrected chi connectivity index (χ1v) is 6.60. The molecule has 18 heavy (non-hydrogen) atoms. The fraction of sp³-hybridized carbons (Fsp3) is 0.667. The molecular formula is C15H25FN2. The van der Waals surface area contributed by atoms with Gasteiger partial charge in [-0.05, 0) is 37.3 Å². The van der Waals surface area contributed by atoms with Crippen molar-refractivity contribution in [1.29, 1.82) is 0 Å². The van der Waals surface area contributed by atoms with Crippen LogP contribution in [0.1, 0.15) is 52.1 Å². The molecule has 2 nitrogen and oxygen atoms in total. The Balaban J connectivity index is 2.71. The van der Waals surface area contributed by atoms with Crippen LogP contribution in [0.15, 0.2) is 18.5 Å². The van der Waals surface area contributed by atoms with Crippen LogP contribution < -0.4 is 5.32 Å². The largest absolute Gasteiger partial charge is 0.313 e. The lowest BCUT2D eigenvalue weighted by molar-refractivity contribution is 0.277. The van der Waals surface area contributed by atoms with Gasteiger partial charge in [0.25, 0.3) is 0 Å². The van der Waals surface area contributed by atoms with E-state index in [4.69, 9.17) is 0 Å². The lowest BCUT2D eigenvalue weighted by Gasteiger charge is -2.27. The Hall–Kier alpha value is -0.960. The van der Waals surface area contributed by atoms with Crippen molar-refractivity contribution in [3.8, 4) is 0 Å². The van der Waals surface area contributed by atoms with Crippen molar-refractivity contribution in [2.75, 3.05) is 7.05 Å². The minimum Gasteiger partial charge on any atom is -0.313 e. The van der Waals surface area contributed by atoms with Crippen LogP contribution >= 0.6 is 0 Å². The summed E-state index contributed by atoms with van der Waals surface area (Å²) in [5, 5.41) is 3.21. The van der Waals surface area contributed by atoms with Gasteiger partial charge >= 0.3 is 0 Å². The van der Waals surface area contributed by atoms with Gasteiger partial charge in [0, 0.05) is 17.8 Å². The number of aromatic nitrogens is 1. The molecule has 1 N–H and O–H groups in total. The van der Waals surface area contributed by atoms with E-state index in [0.29, 0.717) is 16.9 Å². The SMILES string of the molecule is CNC(CC(C)CC(C)(C)C)c1ccncc1F. The Morgan fingerprint density at radius 1 is 1.39 bits per heavy atom. The lowest BCUT2D eigenvalue weighted by atomic mass is 9.82. The first kappa shape index (κ1) is 15.1. The number of nitrogens with zero attached hydrogens (tertiary/aromatic N) is 1. The summed E-state index contributed by atoms with van der Waals surface area (Å²) >= 11 is 0. The van der Waals surface area contributed by atoms with Gasteiger partial charge in [-0.25, -0.2) is 4.39 Å². The average Bonchev–Trinajstić information content (AvgIpc) is 2.24. The van der Waals surface area contributed by atoms with Crippen LogP contribution in [0.3, 0.4) is 0 Å². The van der Waals surface area contributed by atoms with Crippen molar-refractivity contribution in [3.63, 3.8) is 0 Å². The van der Waals surface area contributed by atoms with Crippen LogP contribution in [-0.2, 0) is 0 Å². The predicted octanol–water partition coefficient (Wildman–Crippen LogP) is 3.94. The summed E-state index contributed by atoms with van der Waals surface area (Å²) in [7, 11) is 1.88. The second-order valence-electron chi connectivity index (χ2n) is 6.34. The van der Waals surface area contributed by atoms with Crippen molar-refractivity contribution in [1.82, 2.24) is 10.3 Å². The second kappa shape index (κ2) is 6.28. The van der Waals surface area contributed by atoms with Crippen molar-refractivity contribution < 1.29 is 4.39 Å². The highest BCUT2D eigenvalue weighted by Gasteiger charge is 2.21. The topological polar surface area (TPSA) is 24.9 Å². The summed E-state index contributed by atoms with van der Waals surface area (Å²) in [6.07, 6.45) is 5.01. The molecule has 0 aliphatic carbocycles. The Bertz CT molecular complexity index is 371. The molecule has 0 radical (unpaired) electrons. The zero-order valence-corrected chi connectivity index (χ0v) is 12.1. The highest BCUT2D eigenvalue weighted by molar-refractivity contribution is 5.17. The number of hydrogen-bond acceptors (Lipinski definition) is 2. The van der Waals surface area contributed by atoms with Gasteiger partial charge in [-0.3, -0.25) is 4.98 Å². The summed E-state index contributed by atoms with van der Waals surface area (Å²) in [6.45, 7) is 8.95. The Labute approximate surface area is 110 Å². The molecule has 1 aromatic heterocycles. The molecule has 1 heterocycles. The number of hydrogen-bond donors (Lipinski definition) is 1. The Morgan fingerprint density at radius 2 is 2.06 bits per heavy atom. The smallest absolute Gasteiger partial charge is 0.146 e. The molecule has 0 aromatic carbocycles. The van der Waals surface area contributed by atoms with Crippen LogP contribution in [-0.4, -0.2) is 12.0 Å². The summed E-state index contributed by atoms with van der Waals surface area (Å²) in [4.78, 5) is 3.80. The molecule has 3 heteroatoms. The van der Waals surface area contributed by atoms with Gasteiger partial charge in [-0.15, -0.1) is 0 Å². The Kier molecular flexibility index (Phi) is 5.27. The van der Waals surface area contributed by atoms with E-state index in [1.807, 2.05) is 7.05 Å². The Morgan fingerprint density at radius 3 is 2.56 bits per heavy atom. The number of pyridine rings is 1. The van der Waals surface area contributed by atoms with E-state index < -0.39 is 0 Å². The summed E-state index contributed by atoms with van der Waals surface area (Å²) in [6, 6.07) is 1.82. The van der Waals surface area contributed by atoms with E-state index in [9.17, 15) is 4.39 Å². The third-order valence-electron chi connectivity index (χ3n) is 3.13. The zero-order chi connectivity index (χ0) is 13.8. The monoisotopic (exact) mass is 252 g/mol. The molecule has 102 valence electrons. The van der Waals surface area contributed by atoms with E-state index >= 15 is 0 Å². The van der Waals surface area contributed by atoms with Gasteiger partial charge in [0.1, 0.15) is 5.82 Å². The first-order chi connectivity index (χ1) is 8.33. The quantitative estimate of drug-likeness (QED) is 0.858. The fourth-order valence-corrected chi connectivity index (χ4v) is 2.60. The third-order valence-corrected chi connectivity index (χ3v) is 3.13. The highest BCUT2D eigenvalue weighted by Crippen LogP contribution is 2.30. The molecule has 0 aliphatic rings. The van der Waals surface area contributed by atoms with Gasteiger partial charge in [0.2, 0.25) is 0 Å². The van der Waals surface area contributed by atoms with Crippen LogP contribution in [0.25, 0.3) is 0 Å². The van der Waals surface area contributed by atoms with Crippen molar-refractivity contribution in [3.05, 3.63) is 29.8 Å². The van der Waals surface area contributed by atoms with Crippen molar-refractivity contribution in [2.24, 2.45) is 11.3 Å². The fourth-order valence-electron chi connectivity index (χ4n) is 2.60. The van der Waals surface area contributed by atoms with Gasteiger partial charge in [-0.2, -0.15) is 0 Å². The lowest BCUT2D eigenvalue weighted by Crippen LogP contribution is -2.22. The molecule has 0 saturated carbocycles. The zero-order valence-electron chi connectivity index (χ0n) is 12.1. The molecule has 0 bridgehead atoms. The van der Waals surface area contributed by atoms with Crippen molar-refractivity contribution >= 4 is 0 Å². The average molecular weight is 252 g/mol. The molecule has 2 unspecified atom stereocenters. The van der Waals surface area contributed by atoms with Crippen LogP contribution in [0.4, 0.5) is 4.39 Å². The predicted molar refractivity (Wildman–Crippen MR) is 73.8 cm³/mol. The minimum atomic E-state index is -0.222. The van der Waals surface area contributed by atoms with Gasteiger partial charge in [0.15, 0.2) is 0 Å². The van der Waals surface area contributed by atoms with Gasteiger partial charge < -0.3 is 5.32 Å². The molecular weight excluding hydrogens is 227 g/mol. The van der Waals surface area contributed by atoms with Crippen LogP contribution in [0, 0.1) is 17.2 Å². The van der Waals surface area contributed by atoms with Crippen LogP contribution in [0.2, 0.25) is 0 Å². The van der Waals surface area contributed by atoms with E-state index in [1.54, 1.807) is 12.3 Å². The maximum absolute atomic E-state index is 13.7. The van der Waals surface area contributed by atoms with E-state index in [1.165, 1.54) is 6.20 Å². The molecule has 2 atom stereocenters. The molecule has 0 fully saturated rings. The van der Waals surface area contributed by atoms with Gasteiger partial charge in [0.05, 0.1) is 6.20 Å². The second-order valence-corrected chi connectivity index (χ2v) is 6.34. The molecule has 1 rings (SSSR count). The molecule has 1 aromatic rings. The standard InChI is InChI=1S/C15H25FN2/c1-11(9-15(2,3)4)8-14(17-5)12-6-7-18-10-13(12)16/h6-7,10-11,14,17H,8-9H2,1-5H3. The van der Waals surface area contributed by atoms with Crippen LogP contribution in [0.5, 0.6) is 0 Å². The maximum Gasteiger partial charge on any atom is 0.146 e. The molecule has 0 amide bonds. The summed E-state index contributed by atoms with van der Waals surface area (Å²) < 4.78 is 13.7. The number of rotatable bonds is 5. The van der Waals surface area contributed by atoms with E-state index in [-0.39, 0.29) is 11.9 Å². The molecule has 0 aliphatic heterocycles. The first-order valence-electron chi connectivity index (χ1n) is 6.60. The van der Waals surface area contributed by atoms with E-state index in [2.05, 4.69) is 38.0 Å². The van der Waals surface area contributed by atoms with Gasteiger partial charge in [-0.1, -0.05) is 27.7 Å². The normalized spacial score (nSPS) is 15.4. The number of nitrogens with one attached hydrogen (secondary N) is 1. The van der Waals surface area contributed by atoms with Crippen molar-refractivity contribution in [2.45, 2.75) is 46.6 Å². The summed E-state index contributed by atoms with van der Waals surface area (Å²) in [5.41, 5.74) is 1.03. The third kappa shape index (κ3) is 4.73. The highest BCUT2D eigenvalue weighted by atomic mass is 19.1. The molecule has 0 saturated heterocycles. The van der Waals surface area contributed by atoms with E-state index in [0.717, 1.165) is 12.8 Å². The number of halogens is 1.